The Morgan fingerprint density at radius 2 is 2.24 bits per heavy atom. The Bertz CT molecular complexity index is 1320. The van der Waals surface area contributed by atoms with Gasteiger partial charge in [0.05, 0.1) is 23.8 Å². The van der Waals surface area contributed by atoms with Crippen LogP contribution in [-0.2, 0) is 22.5 Å². The lowest BCUT2D eigenvalue weighted by Gasteiger charge is -2.27. The number of aryl methyl sites for hydroxylation is 1. The average molecular weight is 501 g/mol. The number of carbonyl (C=O) groups excluding carboxylic acids is 2. The Labute approximate surface area is 203 Å². The maximum Gasteiger partial charge on any atom is 0.338 e. The van der Waals surface area contributed by atoms with Crippen molar-refractivity contribution in [1.82, 2.24) is 20.2 Å². The highest BCUT2D eigenvalue weighted by Gasteiger charge is 2.35. The highest BCUT2D eigenvalue weighted by Crippen LogP contribution is 2.31. The Hall–Kier alpha value is -3.31. The zero-order valence-electron chi connectivity index (χ0n) is 18.8. The molecule has 34 heavy (non-hydrogen) atoms. The third kappa shape index (κ3) is 4.66. The zero-order valence-corrected chi connectivity index (χ0v) is 20.4. The minimum atomic E-state index is -0.798. The summed E-state index contributed by atoms with van der Waals surface area (Å²) in [4.78, 5) is 44.8. The molecule has 0 fully saturated rings. The van der Waals surface area contributed by atoms with E-state index in [1.807, 2.05) is 13.0 Å². The van der Waals surface area contributed by atoms with E-state index < -0.39 is 18.0 Å². The standard InChI is InChI=1S/C23H24N4O5S2/c1-4-9-27-20(28)14-11-13(5-2)34-19(14)26-23(27)33-12-15-17(21(29)31-6-3)18(25-22(30)24-15)16-8-7-10-32-16/h4,7-8,10-11,18H,1,5-6,9,12H2,2-3H3,(H2,24,25,30)/t18-/m0/s1. The van der Waals surface area contributed by atoms with Crippen molar-refractivity contribution >= 4 is 45.3 Å². The molecule has 4 heterocycles. The van der Waals surface area contributed by atoms with Crippen LogP contribution in [0.15, 0.2) is 62.8 Å². The number of fused-ring (bicyclic) bond motifs is 1. The normalized spacial score (nSPS) is 15.8. The first-order chi connectivity index (χ1) is 16.5. The molecule has 11 heteroatoms. The van der Waals surface area contributed by atoms with Crippen molar-refractivity contribution in [2.75, 3.05) is 12.4 Å². The molecule has 0 bridgehead atoms. The number of nitrogens with zero attached hydrogens (tertiary/aromatic N) is 2. The van der Waals surface area contributed by atoms with Crippen LogP contribution in [0.25, 0.3) is 10.2 Å². The fourth-order valence-corrected chi connectivity index (χ4v) is 5.59. The molecule has 3 aromatic heterocycles. The van der Waals surface area contributed by atoms with Crippen LogP contribution in [-0.4, -0.2) is 33.9 Å². The largest absolute Gasteiger partial charge is 0.467 e. The molecule has 1 aliphatic heterocycles. The predicted octanol–water partition coefficient (Wildman–Crippen LogP) is 3.76. The maximum absolute atomic E-state index is 13.1. The molecule has 4 rings (SSSR count). The summed E-state index contributed by atoms with van der Waals surface area (Å²) in [6, 6.07) is 3.97. The molecule has 3 aromatic rings. The Kier molecular flexibility index (Phi) is 7.23. The summed E-state index contributed by atoms with van der Waals surface area (Å²) in [6.45, 7) is 7.96. The highest BCUT2D eigenvalue weighted by atomic mass is 32.2. The lowest BCUT2D eigenvalue weighted by atomic mass is 10.0. The zero-order chi connectivity index (χ0) is 24.2. The number of aromatic nitrogens is 2. The number of rotatable bonds is 9. The molecule has 0 aliphatic carbocycles. The van der Waals surface area contributed by atoms with Gasteiger partial charge in [0.2, 0.25) is 0 Å². The molecule has 1 aliphatic rings. The van der Waals surface area contributed by atoms with E-state index in [9.17, 15) is 14.4 Å². The van der Waals surface area contributed by atoms with Crippen molar-refractivity contribution < 1.29 is 18.7 Å². The molecule has 2 amide bonds. The predicted molar refractivity (Wildman–Crippen MR) is 131 cm³/mol. The summed E-state index contributed by atoms with van der Waals surface area (Å²) >= 11 is 2.73. The van der Waals surface area contributed by atoms with Gasteiger partial charge < -0.3 is 19.8 Å². The van der Waals surface area contributed by atoms with Crippen LogP contribution >= 0.6 is 23.1 Å². The van der Waals surface area contributed by atoms with Crippen molar-refractivity contribution in [2.24, 2.45) is 0 Å². The number of thiophene rings is 1. The fourth-order valence-electron chi connectivity index (χ4n) is 3.61. The van der Waals surface area contributed by atoms with Crippen LogP contribution in [0.4, 0.5) is 4.79 Å². The van der Waals surface area contributed by atoms with E-state index in [4.69, 9.17) is 14.1 Å². The van der Waals surface area contributed by atoms with E-state index in [0.717, 1.165) is 11.3 Å². The van der Waals surface area contributed by atoms with Crippen LogP contribution in [0.2, 0.25) is 0 Å². The summed E-state index contributed by atoms with van der Waals surface area (Å²) in [5, 5.41) is 6.48. The van der Waals surface area contributed by atoms with E-state index in [1.54, 1.807) is 29.7 Å². The number of hydrogen-bond donors (Lipinski definition) is 2. The fraction of sp³-hybridized carbons (Fsp3) is 0.304. The molecule has 2 N–H and O–H groups in total. The molecule has 0 aromatic carbocycles. The second-order valence-electron chi connectivity index (χ2n) is 7.33. The number of carbonyl (C=O) groups is 2. The van der Waals surface area contributed by atoms with Crippen LogP contribution in [0.1, 0.15) is 30.5 Å². The summed E-state index contributed by atoms with van der Waals surface area (Å²) in [6.07, 6.45) is 3.92. The first-order valence-electron chi connectivity index (χ1n) is 10.7. The van der Waals surface area contributed by atoms with Crippen molar-refractivity contribution in [3.63, 3.8) is 0 Å². The second kappa shape index (κ2) is 10.3. The summed E-state index contributed by atoms with van der Waals surface area (Å²) < 4.78 is 12.3. The van der Waals surface area contributed by atoms with Gasteiger partial charge in [-0.1, -0.05) is 24.8 Å². The number of allylic oxidation sites excluding steroid dienone is 1. The number of furan rings is 1. The SMILES string of the molecule is C=CCn1c(SCC2=C(C(=O)OCC)[C@H](c3ccco3)NC(=O)N2)nc2sc(CC)cc2c1=O. The van der Waals surface area contributed by atoms with E-state index in [-0.39, 0.29) is 30.0 Å². The monoisotopic (exact) mass is 500 g/mol. The third-order valence-corrected chi connectivity index (χ3v) is 7.33. The van der Waals surface area contributed by atoms with Crippen molar-refractivity contribution in [3.05, 3.63) is 69.4 Å². The van der Waals surface area contributed by atoms with E-state index in [0.29, 0.717) is 26.8 Å². The van der Waals surface area contributed by atoms with Crippen LogP contribution in [0.3, 0.4) is 0 Å². The third-order valence-electron chi connectivity index (χ3n) is 5.15. The van der Waals surface area contributed by atoms with Crippen LogP contribution in [0.5, 0.6) is 0 Å². The van der Waals surface area contributed by atoms with Gasteiger partial charge in [0.25, 0.3) is 5.56 Å². The molecule has 0 unspecified atom stereocenters. The number of ether oxygens (including phenoxy) is 1. The molecule has 0 saturated carbocycles. The van der Waals surface area contributed by atoms with Gasteiger partial charge in [-0.05, 0) is 31.5 Å². The summed E-state index contributed by atoms with van der Waals surface area (Å²) in [7, 11) is 0. The van der Waals surface area contributed by atoms with Gasteiger partial charge in [-0.2, -0.15) is 0 Å². The molecule has 0 saturated heterocycles. The summed E-state index contributed by atoms with van der Waals surface area (Å²) in [5.74, 6) is 0.0267. The van der Waals surface area contributed by atoms with Crippen molar-refractivity contribution in [3.8, 4) is 0 Å². The van der Waals surface area contributed by atoms with Gasteiger partial charge in [-0.15, -0.1) is 17.9 Å². The Morgan fingerprint density at radius 3 is 2.91 bits per heavy atom. The van der Waals surface area contributed by atoms with Gasteiger partial charge in [0, 0.05) is 22.9 Å². The first-order valence-corrected chi connectivity index (χ1v) is 12.5. The number of thioether (sulfide) groups is 1. The molecule has 0 spiro atoms. The molecule has 0 radical (unpaired) electrons. The molecular formula is C23H24N4O5S2. The molecular weight excluding hydrogens is 476 g/mol. The van der Waals surface area contributed by atoms with Gasteiger partial charge in [0.1, 0.15) is 16.6 Å². The number of nitrogens with one attached hydrogen (secondary N) is 2. The van der Waals surface area contributed by atoms with Crippen LogP contribution in [0, 0.1) is 0 Å². The number of esters is 1. The summed E-state index contributed by atoms with van der Waals surface area (Å²) in [5.41, 5.74) is 0.464. The lowest BCUT2D eigenvalue weighted by Crippen LogP contribution is -2.46. The van der Waals surface area contributed by atoms with Gasteiger partial charge >= 0.3 is 12.0 Å². The Morgan fingerprint density at radius 1 is 1.41 bits per heavy atom. The molecule has 1 atom stereocenters. The van der Waals surface area contributed by atoms with E-state index >= 15 is 0 Å². The van der Waals surface area contributed by atoms with E-state index in [2.05, 4.69) is 17.2 Å². The topological polar surface area (TPSA) is 115 Å². The number of urea groups is 1. The first kappa shape index (κ1) is 23.8. The van der Waals surface area contributed by atoms with Crippen molar-refractivity contribution in [1.29, 1.82) is 0 Å². The van der Waals surface area contributed by atoms with Gasteiger partial charge in [-0.3, -0.25) is 9.36 Å². The smallest absolute Gasteiger partial charge is 0.338 e. The highest BCUT2D eigenvalue weighted by molar-refractivity contribution is 7.99. The van der Waals surface area contributed by atoms with Crippen LogP contribution < -0.4 is 16.2 Å². The quantitative estimate of drug-likeness (QED) is 0.199. The van der Waals surface area contributed by atoms with Gasteiger partial charge in [-0.25, -0.2) is 14.6 Å². The Balaban J connectivity index is 1.75. The number of amides is 2. The maximum atomic E-state index is 13.1. The lowest BCUT2D eigenvalue weighted by molar-refractivity contribution is -0.139. The molecule has 178 valence electrons. The molecule has 9 nitrogen and oxygen atoms in total. The van der Waals surface area contributed by atoms with E-state index in [1.165, 1.54) is 29.4 Å². The number of hydrogen-bond acceptors (Lipinski definition) is 8. The average Bonchev–Trinajstić information content (AvgIpc) is 3.49. The van der Waals surface area contributed by atoms with Crippen molar-refractivity contribution in [2.45, 2.75) is 38.0 Å². The van der Waals surface area contributed by atoms with Gasteiger partial charge in [0.15, 0.2) is 5.16 Å². The minimum absolute atomic E-state index is 0.147. The minimum Gasteiger partial charge on any atom is -0.467 e. The second-order valence-corrected chi connectivity index (χ2v) is 9.39.